The molecule has 2 aliphatic heterocycles. The van der Waals surface area contributed by atoms with Gasteiger partial charge in [0.2, 0.25) is 5.91 Å². The molecule has 0 saturated carbocycles. The fourth-order valence-corrected chi connectivity index (χ4v) is 4.28. The van der Waals surface area contributed by atoms with Gasteiger partial charge in [-0.15, -0.1) is 11.8 Å². The summed E-state index contributed by atoms with van der Waals surface area (Å²) >= 11 is 1.89. The Morgan fingerprint density at radius 3 is 3.05 bits per heavy atom. The largest absolute Gasteiger partial charge is 0.349 e. The first kappa shape index (κ1) is 14.0. The minimum absolute atomic E-state index is 0.174. The zero-order valence-electron chi connectivity index (χ0n) is 11.9. The van der Waals surface area contributed by atoms with E-state index < -0.39 is 0 Å². The Bertz CT molecular complexity index is 491. The molecule has 20 heavy (non-hydrogen) atoms. The fraction of sp³-hybridized carbons (Fsp3) is 0.562. The van der Waals surface area contributed by atoms with Crippen LogP contribution in [0.15, 0.2) is 29.2 Å². The highest BCUT2D eigenvalue weighted by molar-refractivity contribution is 7.99. The normalized spacial score (nSPS) is 29.6. The van der Waals surface area contributed by atoms with Gasteiger partial charge < -0.3 is 10.6 Å². The highest BCUT2D eigenvalue weighted by Gasteiger charge is 2.28. The van der Waals surface area contributed by atoms with Crippen LogP contribution in [0, 0.1) is 5.92 Å². The van der Waals surface area contributed by atoms with Crippen molar-refractivity contribution >= 4 is 17.7 Å². The van der Waals surface area contributed by atoms with Crippen molar-refractivity contribution < 1.29 is 4.79 Å². The Balaban J connectivity index is 1.68. The molecule has 2 heterocycles. The first-order valence-electron chi connectivity index (χ1n) is 7.49. The molecule has 2 N–H and O–H groups in total. The maximum atomic E-state index is 12.5. The zero-order chi connectivity index (χ0) is 13.9. The molecule has 1 aromatic carbocycles. The lowest BCUT2D eigenvalue weighted by Crippen LogP contribution is -2.43. The van der Waals surface area contributed by atoms with E-state index in [1.165, 1.54) is 10.5 Å². The van der Waals surface area contributed by atoms with E-state index in [1.54, 1.807) is 0 Å². The minimum atomic E-state index is 0.174. The van der Waals surface area contributed by atoms with Crippen LogP contribution in [-0.2, 0) is 4.79 Å². The molecule has 0 bridgehead atoms. The maximum absolute atomic E-state index is 12.5. The lowest BCUT2D eigenvalue weighted by molar-refractivity contribution is -0.126. The van der Waals surface area contributed by atoms with Crippen molar-refractivity contribution in [3.8, 4) is 0 Å². The second kappa shape index (κ2) is 6.19. The van der Waals surface area contributed by atoms with Gasteiger partial charge in [0, 0.05) is 22.6 Å². The Hall–Kier alpha value is -1.00. The fourth-order valence-electron chi connectivity index (χ4n) is 3.15. The molecule has 0 aromatic heterocycles. The van der Waals surface area contributed by atoms with Crippen LogP contribution >= 0.6 is 11.8 Å². The molecule has 1 aromatic rings. The van der Waals surface area contributed by atoms with Crippen LogP contribution in [0.2, 0.25) is 0 Å². The summed E-state index contributed by atoms with van der Waals surface area (Å²) in [6.07, 6.45) is 2.95. The van der Waals surface area contributed by atoms with Gasteiger partial charge in [0.15, 0.2) is 0 Å². The van der Waals surface area contributed by atoms with Crippen molar-refractivity contribution in [2.75, 3.05) is 12.3 Å². The lowest BCUT2D eigenvalue weighted by atomic mass is 9.91. The van der Waals surface area contributed by atoms with Crippen molar-refractivity contribution in [3.63, 3.8) is 0 Å². The molecule has 3 rings (SSSR count). The second-order valence-corrected chi connectivity index (χ2v) is 6.95. The minimum Gasteiger partial charge on any atom is -0.349 e. The first-order valence-corrected chi connectivity index (χ1v) is 8.48. The van der Waals surface area contributed by atoms with Crippen LogP contribution in [-0.4, -0.2) is 24.2 Å². The van der Waals surface area contributed by atoms with Crippen molar-refractivity contribution in [1.82, 2.24) is 10.6 Å². The van der Waals surface area contributed by atoms with Crippen LogP contribution in [0.1, 0.15) is 37.8 Å². The molecule has 108 valence electrons. The number of hydrogen-bond donors (Lipinski definition) is 2. The monoisotopic (exact) mass is 290 g/mol. The molecular weight excluding hydrogens is 268 g/mol. The number of carbonyl (C=O) groups is 1. The van der Waals surface area contributed by atoms with Gasteiger partial charge in [-0.1, -0.05) is 18.2 Å². The molecule has 1 unspecified atom stereocenters. The van der Waals surface area contributed by atoms with E-state index in [-0.39, 0.29) is 17.9 Å². The van der Waals surface area contributed by atoms with Gasteiger partial charge in [-0.05, 0) is 44.4 Å². The van der Waals surface area contributed by atoms with Gasteiger partial charge in [-0.2, -0.15) is 0 Å². The van der Waals surface area contributed by atoms with Crippen LogP contribution in [0.4, 0.5) is 0 Å². The second-order valence-electron chi connectivity index (χ2n) is 5.81. The molecular formula is C16H22N2OS. The number of amides is 1. The van der Waals surface area contributed by atoms with Gasteiger partial charge in [-0.25, -0.2) is 0 Å². The van der Waals surface area contributed by atoms with Crippen LogP contribution in [0.5, 0.6) is 0 Å². The number of thioether (sulfide) groups is 1. The van der Waals surface area contributed by atoms with Crippen LogP contribution in [0.25, 0.3) is 0 Å². The summed E-state index contributed by atoms with van der Waals surface area (Å²) in [7, 11) is 0. The van der Waals surface area contributed by atoms with Crippen LogP contribution < -0.4 is 10.6 Å². The van der Waals surface area contributed by atoms with E-state index in [4.69, 9.17) is 0 Å². The molecule has 0 spiro atoms. The molecule has 3 atom stereocenters. The van der Waals surface area contributed by atoms with Crippen molar-refractivity contribution in [2.45, 2.75) is 43.2 Å². The quantitative estimate of drug-likeness (QED) is 0.880. The predicted molar refractivity (Wildman–Crippen MR) is 82.9 cm³/mol. The number of hydrogen-bond acceptors (Lipinski definition) is 3. The number of carbonyl (C=O) groups excluding carboxylic acids is 1. The van der Waals surface area contributed by atoms with E-state index in [9.17, 15) is 4.79 Å². The predicted octanol–water partition coefficient (Wildman–Crippen LogP) is 2.73. The third-order valence-corrected chi connectivity index (χ3v) is 5.39. The Kier molecular flexibility index (Phi) is 4.32. The summed E-state index contributed by atoms with van der Waals surface area (Å²) < 4.78 is 0. The molecule has 1 fully saturated rings. The highest BCUT2D eigenvalue weighted by atomic mass is 32.2. The molecule has 1 saturated heterocycles. The standard InChI is InChI=1S/C16H22N2OS/c1-11-10-12(6-8-17-11)16(19)18-14-7-9-20-15-5-3-2-4-13(14)15/h2-5,11-12,14,17H,6-10H2,1H3,(H,18,19)/t11-,12-,14?/m0/s1. The lowest BCUT2D eigenvalue weighted by Gasteiger charge is -2.31. The van der Waals surface area contributed by atoms with Crippen LogP contribution in [0.3, 0.4) is 0 Å². The van der Waals surface area contributed by atoms with Gasteiger partial charge in [-0.3, -0.25) is 4.79 Å². The number of rotatable bonds is 2. The molecule has 1 amide bonds. The molecule has 0 radical (unpaired) electrons. The summed E-state index contributed by atoms with van der Waals surface area (Å²) in [5.41, 5.74) is 1.29. The summed E-state index contributed by atoms with van der Waals surface area (Å²) in [6, 6.07) is 9.10. The van der Waals surface area contributed by atoms with Gasteiger partial charge in [0.25, 0.3) is 0 Å². The molecule has 3 nitrogen and oxygen atoms in total. The van der Waals surface area contributed by atoms with E-state index >= 15 is 0 Å². The molecule has 0 aliphatic carbocycles. The number of fused-ring (bicyclic) bond motifs is 1. The summed E-state index contributed by atoms with van der Waals surface area (Å²) in [5, 5.41) is 6.69. The first-order chi connectivity index (χ1) is 9.74. The molecule has 2 aliphatic rings. The van der Waals surface area contributed by atoms with E-state index in [0.29, 0.717) is 6.04 Å². The van der Waals surface area contributed by atoms with E-state index in [1.807, 2.05) is 11.8 Å². The smallest absolute Gasteiger partial charge is 0.223 e. The SMILES string of the molecule is C[C@H]1C[C@@H](C(=O)NC2CCSc3ccccc32)CCN1. The average molecular weight is 290 g/mol. The Morgan fingerprint density at radius 2 is 2.20 bits per heavy atom. The third-order valence-electron chi connectivity index (χ3n) is 4.27. The zero-order valence-corrected chi connectivity index (χ0v) is 12.7. The Morgan fingerprint density at radius 1 is 1.35 bits per heavy atom. The number of nitrogens with one attached hydrogen (secondary N) is 2. The van der Waals surface area contributed by atoms with Gasteiger partial charge in [0.05, 0.1) is 6.04 Å². The highest BCUT2D eigenvalue weighted by Crippen LogP contribution is 2.36. The average Bonchev–Trinajstić information content (AvgIpc) is 2.47. The molecule has 4 heteroatoms. The third kappa shape index (κ3) is 3.01. The van der Waals surface area contributed by atoms with Crippen molar-refractivity contribution in [1.29, 1.82) is 0 Å². The summed E-state index contributed by atoms with van der Waals surface area (Å²) in [6.45, 7) is 3.11. The van der Waals surface area contributed by atoms with Crippen molar-refractivity contribution in [3.05, 3.63) is 29.8 Å². The topological polar surface area (TPSA) is 41.1 Å². The van der Waals surface area contributed by atoms with Gasteiger partial charge in [0.1, 0.15) is 0 Å². The summed E-state index contributed by atoms with van der Waals surface area (Å²) in [5.74, 6) is 1.50. The van der Waals surface area contributed by atoms with Gasteiger partial charge >= 0.3 is 0 Å². The summed E-state index contributed by atoms with van der Waals surface area (Å²) in [4.78, 5) is 13.8. The van der Waals surface area contributed by atoms with E-state index in [0.717, 1.165) is 31.6 Å². The number of piperidine rings is 1. The van der Waals surface area contributed by atoms with E-state index in [2.05, 4.69) is 41.8 Å². The Labute approximate surface area is 124 Å². The number of benzene rings is 1. The maximum Gasteiger partial charge on any atom is 0.223 e. The van der Waals surface area contributed by atoms with Crippen molar-refractivity contribution in [2.24, 2.45) is 5.92 Å².